The van der Waals surface area contributed by atoms with Gasteiger partial charge in [-0.15, -0.1) is 0 Å². The average molecular weight is 428 g/mol. The predicted molar refractivity (Wildman–Crippen MR) is 102 cm³/mol. The molecule has 1 aliphatic rings. The molecule has 0 unspecified atom stereocenters. The first-order chi connectivity index (χ1) is 13.6. The minimum atomic E-state index is -1.02. The number of imide groups is 1. The van der Waals surface area contributed by atoms with Crippen LogP contribution in [0.25, 0.3) is 0 Å². The normalized spacial score (nSPS) is 15.3. The highest BCUT2D eigenvalue weighted by Gasteiger charge is 2.49. The van der Waals surface area contributed by atoms with Gasteiger partial charge in [0.15, 0.2) is 6.61 Å². The van der Waals surface area contributed by atoms with Gasteiger partial charge in [-0.25, -0.2) is 9.18 Å². The molecule has 8 nitrogen and oxygen atoms in total. The fourth-order valence-corrected chi connectivity index (χ4v) is 3.21. The van der Waals surface area contributed by atoms with Crippen LogP contribution in [0, 0.1) is 5.82 Å². The predicted octanol–water partition coefficient (Wildman–Crippen LogP) is 2.09. The van der Waals surface area contributed by atoms with E-state index in [1.807, 2.05) is 0 Å². The Morgan fingerprint density at radius 1 is 1.28 bits per heavy atom. The first-order valence-corrected chi connectivity index (χ1v) is 9.49. The van der Waals surface area contributed by atoms with Gasteiger partial charge in [0.25, 0.3) is 11.8 Å². The number of likely N-dealkylation sites (N-methyl/N-ethyl adjacent to an activating group) is 1. The van der Waals surface area contributed by atoms with E-state index < -0.39 is 48.3 Å². The van der Waals surface area contributed by atoms with Crippen LogP contribution in [0.5, 0.6) is 0 Å². The third-order valence-electron chi connectivity index (χ3n) is 4.98. The summed E-state index contributed by atoms with van der Waals surface area (Å²) in [5, 5.41) is 2.78. The molecule has 158 valence electrons. The van der Waals surface area contributed by atoms with Crippen molar-refractivity contribution in [2.45, 2.75) is 38.8 Å². The lowest BCUT2D eigenvalue weighted by molar-refractivity contribution is -0.153. The number of benzene rings is 1. The van der Waals surface area contributed by atoms with Gasteiger partial charge in [-0.3, -0.25) is 19.3 Å². The average Bonchev–Trinajstić information content (AvgIpc) is 2.93. The zero-order valence-corrected chi connectivity index (χ0v) is 17.2. The molecule has 1 aliphatic heterocycles. The number of hydrogen-bond acceptors (Lipinski definition) is 5. The molecular formula is C19H23ClFN3O5. The molecule has 0 aromatic heterocycles. The summed E-state index contributed by atoms with van der Waals surface area (Å²) in [7, 11) is 1.41. The summed E-state index contributed by atoms with van der Waals surface area (Å²) in [5.74, 6) is -2.54. The second kappa shape index (κ2) is 9.21. The van der Waals surface area contributed by atoms with Crippen molar-refractivity contribution in [3.63, 3.8) is 0 Å². The van der Waals surface area contributed by atoms with Crippen LogP contribution in [-0.2, 0) is 25.7 Å². The molecule has 1 aromatic carbocycles. The van der Waals surface area contributed by atoms with Crippen molar-refractivity contribution in [2.24, 2.45) is 0 Å². The molecule has 2 rings (SSSR count). The monoisotopic (exact) mass is 427 g/mol. The fraction of sp³-hybridized carbons (Fsp3) is 0.474. The Morgan fingerprint density at radius 3 is 2.48 bits per heavy atom. The lowest BCUT2D eigenvalue weighted by Crippen LogP contribution is -2.46. The van der Waals surface area contributed by atoms with Crippen LogP contribution in [-0.4, -0.2) is 59.4 Å². The number of esters is 1. The van der Waals surface area contributed by atoms with Gasteiger partial charge in [0.2, 0.25) is 0 Å². The van der Waals surface area contributed by atoms with Crippen LogP contribution < -0.4 is 5.32 Å². The Morgan fingerprint density at radius 2 is 1.93 bits per heavy atom. The number of carbonyl (C=O) groups is 4. The van der Waals surface area contributed by atoms with Crippen molar-refractivity contribution < 1.29 is 28.3 Å². The van der Waals surface area contributed by atoms with E-state index >= 15 is 0 Å². The van der Waals surface area contributed by atoms with Crippen molar-refractivity contribution >= 4 is 35.4 Å². The van der Waals surface area contributed by atoms with Crippen LogP contribution in [0.1, 0.15) is 32.3 Å². The van der Waals surface area contributed by atoms with E-state index in [1.165, 1.54) is 25.2 Å². The van der Waals surface area contributed by atoms with Crippen LogP contribution in [0.3, 0.4) is 0 Å². The van der Waals surface area contributed by atoms with Gasteiger partial charge in [-0.2, -0.15) is 0 Å². The third-order valence-corrected chi connectivity index (χ3v) is 5.33. The number of ether oxygens (including phenoxy) is 1. The molecule has 0 saturated carbocycles. The molecule has 1 saturated heterocycles. The largest absolute Gasteiger partial charge is 0.454 e. The third kappa shape index (κ3) is 4.84. The van der Waals surface area contributed by atoms with E-state index in [0.29, 0.717) is 12.8 Å². The highest BCUT2D eigenvalue weighted by molar-refractivity contribution is 6.31. The Balaban J connectivity index is 1.89. The summed E-state index contributed by atoms with van der Waals surface area (Å²) in [4.78, 5) is 50.6. The lowest BCUT2D eigenvalue weighted by atomic mass is 9.93. The second-order valence-electron chi connectivity index (χ2n) is 6.72. The lowest BCUT2D eigenvalue weighted by Gasteiger charge is -2.23. The molecule has 4 amide bonds. The van der Waals surface area contributed by atoms with Gasteiger partial charge >= 0.3 is 12.0 Å². The molecule has 0 radical (unpaired) electrons. The van der Waals surface area contributed by atoms with Gasteiger partial charge in [-0.05, 0) is 25.0 Å². The number of nitrogens with zero attached hydrogens (tertiary/aromatic N) is 2. The Labute approximate surface area is 172 Å². The van der Waals surface area contributed by atoms with Gasteiger partial charge in [0, 0.05) is 24.2 Å². The second-order valence-corrected chi connectivity index (χ2v) is 7.13. The fourth-order valence-electron chi connectivity index (χ4n) is 2.98. The van der Waals surface area contributed by atoms with Crippen molar-refractivity contribution in [3.05, 3.63) is 34.6 Å². The Kier molecular flexibility index (Phi) is 7.18. The summed E-state index contributed by atoms with van der Waals surface area (Å²) in [6.07, 6.45) is 0.781. The highest BCUT2D eigenvalue weighted by Crippen LogP contribution is 2.24. The van der Waals surface area contributed by atoms with Crippen molar-refractivity contribution in [1.82, 2.24) is 15.1 Å². The molecule has 0 bridgehead atoms. The molecular weight excluding hydrogens is 405 g/mol. The quantitative estimate of drug-likeness (QED) is 0.506. The maximum absolute atomic E-state index is 13.8. The molecule has 0 atom stereocenters. The summed E-state index contributed by atoms with van der Waals surface area (Å²) in [6.45, 7) is 2.21. The number of halogens is 2. The minimum Gasteiger partial charge on any atom is -0.454 e. The van der Waals surface area contributed by atoms with E-state index in [0.717, 1.165) is 9.80 Å². The summed E-state index contributed by atoms with van der Waals surface area (Å²) in [5.41, 5.74) is -0.877. The van der Waals surface area contributed by atoms with Gasteiger partial charge in [0.1, 0.15) is 17.9 Å². The van der Waals surface area contributed by atoms with Gasteiger partial charge in [-0.1, -0.05) is 31.5 Å². The minimum absolute atomic E-state index is 0.107. The molecule has 10 heteroatoms. The van der Waals surface area contributed by atoms with Crippen molar-refractivity contribution in [3.8, 4) is 0 Å². The van der Waals surface area contributed by atoms with Crippen molar-refractivity contribution in [2.75, 3.05) is 20.2 Å². The van der Waals surface area contributed by atoms with Crippen LogP contribution in [0.4, 0.5) is 9.18 Å². The van der Waals surface area contributed by atoms with E-state index in [4.69, 9.17) is 16.3 Å². The zero-order chi connectivity index (χ0) is 21.8. The molecule has 29 heavy (non-hydrogen) atoms. The first-order valence-electron chi connectivity index (χ1n) is 9.11. The smallest absolute Gasteiger partial charge is 0.326 e. The van der Waals surface area contributed by atoms with E-state index in [1.54, 1.807) is 13.8 Å². The molecule has 0 spiro atoms. The van der Waals surface area contributed by atoms with Gasteiger partial charge in [0.05, 0.1) is 0 Å². The summed E-state index contributed by atoms with van der Waals surface area (Å²) < 4.78 is 18.7. The van der Waals surface area contributed by atoms with E-state index in [2.05, 4.69) is 5.32 Å². The topological polar surface area (TPSA) is 96.0 Å². The number of hydrogen-bond donors (Lipinski definition) is 1. The summed E-state index contributed by atoms with van der Waals surface area (Å²) in [6, 6.07) is 3.51. The maximum Gasteiger partial charge on any atom is 0.326 e. The van der Waals surface area contributed by atoms with Crippen molar-refractivity contribution in [1.29, 1.82) is 0 Å². The first kappa shape index (κ1) is 22.6. The van der Waals surface area contributed by atoms with Crippen LogP contribution >= 0.6 is 11.6 Å². The Hall–Kier alpha value is -2.68. The zero-order valence-electron chi connectivity index (χ0n) is 16.5. The number of urea groups is 1. The number of rotatable bonds is 8. The molecule has 1 aromatic rings. The van der Waals surface area contributed by atoms with E-state index in [9.17, 15) is 23.6 Å². The van der Waals surface area contributed by atoms with Crippen LogP contribution in [0.2, 0.25) is 5.02 Å². The SMILES string of the molecule is CCC1(CC)NC(=O)N(CC(=O)OCC(=O)N(C)Cc2c(F)cccc2Cl)C1=O. The summed E-state index contributed by atoms with van der Waals surface area (Å²) >= 11 is 5.94. The highest BCUT2D eigenvalue weighted by atomic mass is 35.5. The molecule has 1 heterocycles. The molecule has 1 fully saturated rings. The Bertz CT molecular complexity index is 808. The number of carbonyl (C=O) groups excluding carboxylic acids is 4. The maximum atomic E-state index is 13.8. The standard InChI is InChI=1S/C19H23ClFN3O5/c1-4-19(5-2)17(27)24(18(28)22-19)10-16(26)29-11-15(25)23(3)9-12-13(20)7-6-8-14(12)21/h6-8H,4-5,9-11H2,1-3H3,(H,22,28). The van der Waals surface area contributed by atoms with E-state index in [-0.39, 0.29) is 17.1 Å². The molecule has 1 N–H and O–H groups in total. The van der Waals surface area contributed by atoms with Crippen LogP contribution in [0.15, 0.2) is 18.2 Å². The number of nitrogens with one attached hydrogen (secondary N) is 1. The van der Waals surface area contributed by atoms with Gasteiger partial charge < -0.3 is 15.0 Å². The molecule has 0 aliphatic carbocycles. The number of amides is 4.